The molecule has 1 atom stereocenters. The van der Waals surface area contributed by atoms with Gasteiger partial charge in [0.1, 0.15) is 0 Å². The fourth-order valence-corrected chi connectivity index (χ4v) is 0.807. The highest BCUT2D eigenvalue weighted by Crippen LogP contribution is 2.16. The number of rotatable bonds is 1. The third kappa shape index (κ3) is 1.72. The van der Waals surface area contributed by atoms with E-state index in [4.69, 9.17) is 11.6 Å². The Balaban J connectivity index is 2.85. The second-order valence-corrected chi connectivity index (χ2v) is 2.41. The van der Waals surface area contributed by atoms with Crippen molar-refractivity contribution in [2.24, 2.45) is 0 Å². The Morgan fingerprint density at radius 1 is 1.22 bits per heavy atom. The van der Waals surface area contributed by atoms with Crippen LogP contribution in [0, 0.1) is 6.92 Å². The van der Waals surface area contributed by atoms with Crippen molar-refractivity contribution in [1.82, 2.24) is 0 Å². The van der Waals surface area contributed by atoms with Gasteiger partial charge in [-0.3, -0.25) is 0 Å². The highest BCUT2D eigenvalue weighted by atomic mass is 35.5. The van der Waals surface area contributed by atoms with E-state index in [1.165, 1.54) is 0 Å². The largest absolute Gasteiger partial charge is 0.118 e. The molecule has 1 radical (unpaired) electrons. The molecule has 9 heavy (non-hydrogen) atoms. The summed E-state index contributed by atoms with van der Waals surface area (Å²) in [4.78, 5) is 0. The highest BCUT2D eigenvalue weighted by molar-refractivity contribution is 6.21. The minimum Gasteiger partial charge on any atom is -0.118 e. The van der Waals surface area contributed by atoms with Crippen LogP contribution in [0.15, 0.2) is 30.3 Å². The van der Waals surface area contributed by atoms with Crippen LogP contribution in [-0.2, 0) is 0 Å². The molecule has 1 heteroatoms. The van der Waals surface area contributed by atoms with E-state index in [0.29, 0.717) is 0 Å². The van der Waals surface area contributed by atoms with E-state index >= 15 is 0 Å². The molecule has 47 valence electrons. The van der Waals surface area contributed by atoms with E-state index in [2.05, 4.69) is 6.92 Å². The summed E-state index contributed by atoms with van der Waals surface area (Å²) in [6, 6.07) is 9.80. The first-order chi connectivity index (χ1) is 4.30. The molecule has 0 bridgehead atoms. The molecule has 1 unspecified atom stereocenters. The Kier molecular flexibility index (Phi) is 2.12. The third-order valence-electron chi connectivity index (χ3n) is 1.16. The van der Waals surface area contributed by atoms with Crippen molar-refractivity contribution in [3.63, 3.8) is 0 Å². The van der Waals surface area contributed by atoms with Crippen molar-refractivity contribution in [2.45, 2.75) is 5.38 Å². The first-order valence-electron chi connectivity index (χ1n) is 2.83. The van der Waals surface area contributed by atoms with E-state index in [0.717, 1.165) is 5.56 Å². The molecule has 0 aliphatic rings. The van der Waals surface area contributed by atoms with E-state index in [1.54, 1.807) is 0 Å². The third-order valence-corrected chi connectivity index (χ3v) is 1.41. The molecule has 0 amide bonds. The van der Waals surface area contributed by atoms with Crippen LogP contribution in [0.4, 0.5) is 0 Å². The summed E-state index contributed by atoms with van der Waals surface area (Å²) in [6.45, 7) is 3.67. The van der Waals surface area contributed by atoms with Gasteiger partial charge in [-0.15, -0.1) is 11.6 Å². The minimum absolute atomic E-state index is 0.119. The molecule has 0 nitrogen and oxygen atoms in total. The van der Waals surface area contributed by atoms with Crippen molar-refractivity contribution in [1.29, 1.82) is 0 Å². The van der Waals surface area contributed by atoms with Gasteiger partial charge in [0.25, 0.3) is 0 Å². The predicted molar refractivity (Wildman–Crippen MR) is 40.4 cm³/mol. The van der Waals surface area contributed by atoms with Crippen LogP contribution in [0.2, 0.25) is 0 Å². The molecule has 0 N–H and O–H groups in total. The van der Waals surface area contributed by atoms with Gasteiger partial charge in [0.2, 0.25) is 0 Å². The smallest absolute Gasteiger partial charge is 0.0585 e. The quantitative estimate of drug-likeness (QED) is 0.525. The molecule has 1 aromatic carbocycles. The number of alkyl halides is 1. The molecule has 0 aliphatic heterocycles. The zero-order valence-corrected chi connectivity index (χ0v) is 5.81. The van der Waals surface area contributed by atoms with Crippen LogP contribution in [0.5, 0.6) is 0 Å². The maximum absolute atomic E-state index is 5.69. The summed E-state index contributed by atoms with van der Waals surface area (Å²) in [5.74, 6) is 0. The number of hydrogen-bond acceptors (Lipinski definition) is 0. The molecule has 0 aliphatic carbocycles. The van der Waals surface area contributed by atoms with Gasteiger partial charge in [-0.25, -0.2) is 0 Å². The van der Waals surface area contributed by atoms with Gasteiger partial charge in [0, 0.05) is 0 Å². The van der Waals surface area contributed by atoms with Crippen molar-refractivity contribution in [3.8, 4) is 0 Å². The standard InChI is InChI=1S/C8H8Cl/c1-7(9)8-5-3-2-4-6-8/h2-7H,1H2. The van der Waals surface area contributed by atoms with Crippen LogP contribution in [0.1, 0.15) is 10.9 Å². The predicted octanol–water partition coefficient (Wildman–Crippen LogP) is 2.80. The lowest BCUT2D eigenvalue weighted by Gasteiger charge is -1.99. The van der Waals surface area contributed by atoms with Crippen LogP contribution in [0.25, 0.3) is 0 Å². The van der Waals surface area contributed by atoms with Gasteiger partial charge in [-0.05, 0) is 12.5 Å². The summed E-state index contributed by atoms with van der Waals surface area (Å²) in [5, 5.41) is -0.119. The monoisotopic (exact) mass is 139 g/mol. The number of halogens is 1. The average molecular weight is 140 g/mol. The topological polar surface area (TPSA) is 0 Å². The average Bonchev–Trinajstić information content (AvgIpc) is 1.90. The molecule has 1 aromatic rings. The summed E-state index contributed by atoms with van der Waals surface area (Å²) in [7, 11) is 0. The zero-order chi connectivity index (χ0) is 6.69. The second kappa shape index (κ2) is 2.88. The minimum atomic E-state index is -0.119. The first kappa shape index (κ1) is 6.63. The summed E-state index contributed by atoms with van der Waals surface area (Å²) < 4.78 is 0. The van der Waals surface area contributed by atoms with E-state index in [1.807, 2.05) is 30.3 Å². The van der Waals surface area contributed by atoms with Crippen LogP contribution in [-0.4, -0.2) is 0 Å². The van der Waals surface area contributed by atoms with Gasteiger partial charge in [0.15, 0.2) is 0 Å². The molecule has 0 heterocycles. The maximum atomic E-state index is 5.69. The Morgan fingerprint density at radius 2 is 1.78 bits per heavy atom. The van der Waals surface area contributed by atoms with Crippen LogP contribution >= 0.6 is 11.6 Å². The van der Waals surface area contributed by atoms with Gasteiger partial charge >= 0.3 is 0 Å². The molecule has 1 rings (SSSR count). The summed E-state index contributed by atoms with van der Waals surface area (Å²) in [6.07, 6.45) is 0. The molecule has 0 fully saturated rings. The van der Waals surface area contributed by atoms with Gasteiger partial charge in [0.05, 0.1) is 5.38 Å². The van der Waals surface area contributed by atoms with Crippen molar-refractivity contribution < 1.29 is 0 Å². The lowest BCUT2D eigenvalue weighted by Crippen LogP contribution is -1.80. The van der Waals surface area contributed by atoms with Crippen LogP contribution < -0.4 is 0 Å². The van der Waals surface area contributed by atoms with Crippen molar-refractivity contribution >= 4 is 11.6 Å². The molecule has 0 spiro atoms. The Morgan fingerprint density at radius 3 is 2.11 bits per heavy atom. The lowest BCUT2D eigenvalue weighted by molar-refractivity contribution is 1.21. The Hall–Kier alpha value is -0.490. The van der Waals surface area contributed by atoms with E-state index in [9.17, 15) is 0 Å². The SMILES string of the molecule is [CH2]C(Cl)c1ccccc1. The van der Waals surface area contributed by atoms with Crippen LogP contribution in [0.3, 0.4) is 0 Å². The molecule has 0 saturated heterocycles. The lowest BCUT2D eigenvalue weighted by atomic mass is 10.2. The molecule has 0 aromatic heterocycles. The molecule has 0 saturated carbocycles. The molecular formula is C8H8Cl. The summed E-state index contributed by atoms with van der Waals surface area (Å²) >= 11 is 5.69. The Bertz CT molecular complexity index is 167. The Labute approximate surface area is 60.5 Å². The fourth-order valence-electron chi connectivity index (χ4n) is 0.662. The summed E-state index contributed by atoms with van der Waals surface area (Å²) in [5.41, 5.74) is 1.07. The van der Waals surface area contributed by atoms with Crippen molar-refractivity contribution in [2.75, 3.05) is 0 Å². The molecular weight excluding hydrogens is 132 g/mol. The van der Waals surface area contributed by atoms with Gasteiger partial charge < -0.3 is 0 Å². The maximum Gasteiger partial charge on any atom is 0.0585 e. The number of benzene rings is 1. The first-order valence-corrected chi connectivity index (χ1v) is 3.26. The van der Waals surface area contributed by atoms with Gasteiger partial charge in [-0.2, -0.15) is 0 Å². The zero-order valence-electron chi connectivity index (χ0n) is 5.05. The normalized spacial score (nSPS) is 13.1. The second-order valence-electron chi connectivity index (χ2n) is 1.88. The van der Waals surface area contributed by atoms with E-state index in [-0.39, 0.29) is 5.38 Å². The van der Waals surface area contributed by atoms with Gasteiger partial charge in [-0.1, -0.05) is 30.3 Å². The highest BCUT2D eigenvalue weighted by Gasteiger charge is 1.96. The fraction of sp³-hybridized carbons (Fsp3) is 0.125. The number of hydrogen-bond donors (Lipinski definition) is 0. The van der Waals surface area contributed by atoms with E-state index < -0.39 is 0 Å². The van der Waals surface area contributed by atoms with Crippen molar-refractivity contribution in [3.05, 3.63) is 42.8 Å².